The van der Waals surface area contributed by atoms with E-state index in [2.05, 4.69) is 10.0 Å². The number of benzene rings is 1. The quantitative estimate of drug-likeness (QED) is 0.266. The Hall–Kier alpha value is -1.61. The van der Waals surface area contributed by atoms with Crippen LogP contribution in [0.2, 0.25) is 0 Å². The molecule has 0 unspecified atom stereocenters. The molecular formula is C8H9BFN3O4S. The predicted octanol–water partition coefficient (Wildman–Crippen LogP) is 0.143. The van der Waals surface area contributed by atoms with Crippen molar-refractivity contribution in [3.63, 3.8) is 0 Å². The molecule has 0 aliphatic heterocycles. The van der Waals surface area contributed by atoms with Gasteiger partial charge in [-0.2, -0.15) is 8.42 Å². The Morgan fingerprint density at radius 1 is 1.50 bits per heavy atom. The second-order valence-corrected chi connectivity index (χ2v) is 4.82. The summed E-state index contributed by atoms with van der Waals surface area (Å²) in [5.74, 6) is 0. The predicted molar refractivity (Wildman–Crippen MR) is 62.1 cm³/mol. The summed E-state index contributed by atoms with van der Waals surface area (Å²) in [6.07, 6.45) is 0. The third kappa shape index (κ3) is 3.20. The second kappa shape index (κ2) is 5.36. The molecule has 0 aromatic heterocycles. The molecular weight excluding hydrogens is 264 g/mol. The fourth-order valence-corrected chi connectivity index (χ4v) is 2.27. The summed E-state index contributed by atoms with van der Waals surface area (Å²) in [5, 5.41) is 21.4. The average molecular weight is 273 g/mol. The highest BCUT2D eigenvalue weighted by molar-refractivity contribution is 7.86. The fraction of sp³-hybridized carbons (Fsp3) is 0.250. The summed E-state index contributed by atoms with van der Waals surface area (Å²) in [6.45, 7) is 1.03. The molecule has 10 heteroatoms. The van der Waals surface area contributed by atoms with Crippen LogP contribution in [0.25, 0.3) is 10.4 Å². The van der Waals surface area contributed by atoms with Crippen molar-refractivity contribution < 1.29 is 22.4 Å². The number of azide groups is 1. The van der Waals surface area contributed by atoms with Gasteiger partial charge in [-0.15, -0.1) is 3.89 Å². The molecule has 0 saturated carbocycles. The van der Waals surface area contributed by atoms with Crippen molar-refractivity contribution in [2.24, 2.45) is 5.11 Å². The maximum absolute atomic E-state index is 13.0. The number of hydrogen-bond donors (Lipinski definition) is 2. The van der Waals surface area contributed by atoms with E-state index in [-0.39, 0.29) is 23.1 Å². The standard InChI is InChI=1S/C8H9BFN3O4S/c1-5-7(9(14)15)2-6(4-12-13-11)3-8(5)18(10,16)17/h2-3,14-15H,4H2,1H3. The molecule has 1 rings (SSSR count). The van der Waals surface area contributed by atoms with Crippen LogP contribution in [0.15, 0.2) is 22.1 Å². The van der Waals surface area contributed by atoms with Crippen LogP contribution in [-0.2, 0) is 16.8 Å². The number of nitrogens with zero attached hydrogens (tertiary/aromatic N) is 3. The van der Waals surface area contributed by atoms with Crippen molar-refractivity contribution >= 4 is 22.8 Å². The fourth-order valence-electron chi connectivity index (χ4n) is 1.49. The minimum atomic E-state index is -4.99. The first kappa shape index (κ1) is 14.5. The molecule has 0 spiro atoms. The minimum Gasteiger partial charge on any atom is -0.423 e. The molecule has 0 atom stereocenters. The maximum Gasteiger partial charge on any atom is 0.488 e. The van der Waals surface area contributed by atoms with E-state index in [1.54, 1.807) is 0 Å². The van der Waals surface area contributed by atoms with Gasteiger partial charge in [0.25, 0.3) is 0 Å². The monoisotopic (exact) mass is 273 g/mol. The van der Waals surface area contributed by atoms with Crippen molar-refractivity contribution in [3.05, 3.63) is 33.7 Å². The molecule has 7 nitrogen and oxygen atoms in total. The van der Waals surface area contributed by atoms with Gasteiger partial charge in [0.2, 0.25) is 0 Å². The van der Waals surface area contributed by atoms with Gasteiger partial charge in [-0.3, -0.25) is 0 Å². The molecule has 18 heavy (non-hydrogen) atoms. The average Bonchev–Trinajstić information content (AvgIpc) is 2.25. The zero-order valence-corrected chi connectivity index (χ0v) is 10.1. The topological polar surface area (TPSA) is 123 Å². The van der Waals surface area contributed by atoms with Gasteiger partial charge < -0.3 is 10.0 Å². The van der Waals surface area contributed by atoms with Crippen LogP contribution in [0.1, 0.15) is 11.1 Å². The molecule has 0 heterocycles. The van der Waals surface area contributed by atoms with Crippen molar-refractivity contribution in [2.75, 3.05) is 0 Å². The summed E-state index contributed by atoms with van der Waals surface area (Å²) in [5.41, 5.74) is 8.07. The molecule has 1 aromatic rings. The van der Waals surface area contributed by atoms with Crippen LogP contribution in [0, 0.1) is 6.92 Å². The lowest BCUT2D eigenvalue weighted by atomic mass is 9.76. The molecule has 0 fully saturated rings. The SMILES string of the molecule is Cc1c(B(O)O)cc(CN=[N+]=[N-])cc1S(=O)(=O)F. The van der Waals surface area contributed by atoms with Gasteiger partial charge in [-0.25, -0.2) is 0 Å². The molecule has 0 aliphatic carbocycles. The zero-order valence-electron chi connectivity index (χ0n) is 9.28. The van der Waals surface area contributed by atoms with Gasteiger partial charge in [-0.1, -0.05) is 11.2 Å². The van der Waals surface area contributed by atoms with E-state index in [1.165, 1.54) is 13.0 Å². The van der Waals surface area contributed by atoms with E-state index in [0.717, 1.165) is 6.07 Å². The van der Waals surface area contributed by atoms with Gasteiger partial charge in [-0.05, 0) is 35.1 Å². The number of halogens is 1. The molecule has 1 aromatic carbocycles. The van der Waals surface area contributed by atoms with E-state index in [1.807, 2.05) is 0 Å². The molecule has 0 saturated heterocycles. The van der Waals surface area contributed by atoms with E-state index >= 15 is 0 Å². The van der Waals surface area contributed by atoms with Gasteiger partial charge in [0.15, 0.2) is 0 Å². The highest BCUT2D eigenvalue weighted by atomic mass is 32.3. The van der Waals surface area contributed by atoms with Crippen molar-refractivity contribution in [1.29, 1.82) is 0 Å². The first-order valence-corrected chi connectivity index (χ1v) is 6.10. The molecule has 0 amide bonds. The van der Waals surface area contributed by atoms with E-state index in [4.69, 9.17) is 15.6 Å². The summed E-state index contributed by atoms with van der Waals surface area (Å²) >= 11 is 0. The van der Waals surface area contributed by atoms with E-state index in [0.29, 0.717) is 0 Å². The third-order valence-corrected chi connectivity index (χ3v) is 3.27. The van der Waals surface area contributed by atoms with Crippen LogP contribution in [0.3, 0.4) is 0 Å². The number of rotatable bonds is 4. The Balaban J connectivity index is 3.51. The largest absolute Gasteiger partial charge is 0.488 e. The molecule has 96 valence electrons. The molecule has 0 radical (unpaired) electrons. The van der Waals surface area contributed by atoms with E-state index < -0.39 is 22.2 Å². The Morgan fingerprint density at radius 3 is 2.56 bits per heavy atom. The van der Waals surface area contributed by atoms with Crippen LogP contribution >= 0.6 is 0 Å². The van der Waals surface area contributed by atoms with Crippen LogP contribution in [0.5, 0.6) is 0 Å². The van der Waals surface area contributed by atoms with E-state index in [9.17, 15) is 12.3 Å². The Kier molecular flexibility index (Phi) is 4.30. The van der Waals surface area contributed by atoms with Crippen LogP contribution in [0.4, 0.5) is 3.89 Å². The summed E-state index contributed by atoms with van der Waals surface area (Å²) in [7, 11) is -6.94. The molecule has 0 aliphatic rings. The molecule has 0 bridgehead atoms. The maximum atomic E-state index is 13.0. The lowest BCUT2D eigenvalue weighted by molar-refractivity contribution is 0.425. The first-order valence-electron chi connectivity index (χ1n) is 4.72. The van der Waals surface area contributed by atoms with Gasteiger partial charge in [0.05, 0.1) is 6.54 Å². The summed E-state index contributed by atoms with van der Waals surface area (Å²) in [6, 6.07) is 2.23. The van der Waals surface area contributed by atoms with Crippen molar-refractivity contribution in [2.45, 2.75) is 18.4 Å². The van der Waals surface area contributed by atoms with Crippen LogP contribution in [-0.4, -0.2) is 25.6 Å². The normalized spacial score (nSPS) is 10.9. The van der Waals surface area contributed by atoms with Crippen LogP contribution < -0.4 is 5.46 Å². The number of hydrogen-bond acceptors (Lipinski definition) is 5. The highest BCUT2D eigenvalue weighted by Crippen LogP contribution is 2.18. The van der Waals surface area contributed by atoms with Gasteiger partial charge >= 0.3 is 17.3 Å². The Morgan fingerprint density at radius 2 is 2.11 bits per heavy atom. The second-order valence-electron chi connectivity index (χ2n) is 3.51. The minimum absolute atomic E-state index is 0.0998. The van der Waals surface area contributed by atoms with Gasteiger partial charge in [0.1, 0.15) is 4.90 Å². The summed E-state index contributed by atoms with van der Waals surface area (Å²) < 4.78 is 34.9. The molecule has 2 N–H and O–H groups in total. The lowest BCUT2D eigenvalue weighted by Crippen LogP contribution is -2.33. The highest BCUT2D eigenvalue weighted by Gasteiger charge is 2.23. The lowest BCUT2D eigenvalue weighted by Gasteiger charge is -2.10. The first-order chi connectivity index (χ1) is 8.27. The Bertz CT molecular complexity index is 613. The zero-order chi connectivity index (χ0) is 13.9. The van der Waals surface area contributed by atoms with Crippen molar-refractivity contribution in [3.8, 4) is 0 Å². The smallest absolute Gasteiger partial charge is 0.423 e. The Labute approximate surface area is 103 Å². The van der Waals surface area contributed by atoms with Gasteiger partial charge in [0, 0.05) is 4.91 Å². The summed E-state index contributed by atoms with van der Waals surface area (Å²) in [4.78, 5) is 1.81. The van der Waals surface area contributed by atoms with Crippen molar-refractivity contribution in [1.82, 2.24) is 0 Å². The third-order valence-electron chi connectivity index (χ3n) is 2.32.